The molecule has 1 aromatic rings. The van der Waals surface area contributed by atoms with Crippen molar-refractivity contribution in [1.29, 1.82) is 0 Å². The molecule has 0 spiro atoms. The molecule has 16 heavy (non-hydrogen) atoms. The van der Waals surface area contributed by atoms with Crippen molar-refractivity contribution in [2.45, 2.75) is 6.18 Å². The maximum absolute atomic E-state index is 12.3. The molecule has 1 nitrogen and oxygen atoms in total. The summed E-state index contributed by atoms with van der Waals surface area (Å²) in [5.74, 6) is 0. The quantitative estimate of drug-likeness (QED) is 0.854. The molecule has 1 aromatic carbocycles. The molecule has 0 aliphatic rings. The van der Waals surface area contributed by atoms with Gasteiger partial charge in [-0.3, -0.25) is 0 Å². The van der Waals surface area contributed by atoms with E-state index >= 15 is 0 Å². The van der Waals surface area contributed by atoms with Crippen LogP contribution < -0.4 is 5.32 Å². The van der Waals surface area contributed by atoms with Crippen molar-refractivity contribution < 1.29 is 13.2 Å². The van der Waals surface area contributed by atoms with E-state index in [2.05, 4.69) is 27.8 Å². The Morgan fingerprint density at radius 1 is 1.44 bits per heavy atom. The minimum atomic E-state index is -4.37. The van der Waals surface area contributed by atoms with Gasteiger partial charge >= 0.3 is 6.18 Å². The lowest BCUT2D eigenvalue weighted by Crippen LogP contribution is -2.06. The van der Waals surface area contributed by atoms with Gasteiger partial charge in [0.25, 0.3) is 0 Å². The normalized spacial score (nSPS) is 11.3. The molecule has 1 rings (SSSR count). The molecule has 0 fully saturated rings. The molecular formula is C10H8BrClF3N. The molecule has 0 saturated heterocycles. The Kier molecular flexibility index (Phi) is 4.27. The Morgan fingerprint density at radius 3 is 2.50 bits per heavy atom. The maximum Gasteiger partial charge on any atom is 0.416 e. The Balaban J connectivity index is 2.88. The standard InChI is InChI=1S/C10H8BrClF3N/c1-6(11)5-16-9-3-2-7(4-8(9)12)10(13,14)15/h2-4,16H,1,5H2. The average molecular weight is 315 g/mol. The van der Waals surface area contributed by atoms with Crippen molar-refractivity contribution in [1.82, 2.24) is 0 Å². The summed E-state index contributed by atoms with van der Waals surface area (Å²) in [6.07, 6.45) is -4.37. The predicted octanol–water partition coefficient (Wildman–Crippen LogP) is 4.68. The van der Waals surface area contributed by atoms with Gasteiger partial charge in [-0.05, 0) is 18.2 Å². The van der Waals surface area contributed by atoms with E-state index in [1.165, 1.54) is 6.07 Å². The highest BCUT2D eigenvalue weighted by Crippen LogP contribution is 2.33. The second-order valence-corrected chi connectivity index (χ2v) is 4.59. The van der Waals surface area contributed by atoms with Crippen LogP contribution in [0.15, 0.2) is 29.3 Å². The first-order valence-electron chi connectivity index (χ1n) is 4.24. The van der Waals surface area contributed by atoms with Gasteiger partial charge in [0.1, 0.15) is 0 Å². The molecule has 0 unspecified atom stereocenters. The number of hydrogen-bond donors (Lipinski definition) is 1. The van der Waals surface area contributed by atoms with Crippen molar-refractivity contribution >= 4 is 33.2 Å². The van der Waals surface area contributed by atoms with E-state index < -0.39 is 11.7 Å². The Bertz CT molecular complexity index is 404. The second-order valence-electron chi connectivity index (χ2n) is 3.06. The highest BCUT2D eigenvalue weighted by atomic mass is 79.9. The lowest BCUT2D eigenvalue weighted by molar-refractivity contribution is -0.137. The maximum atomic E-state index is 12.3. The molecule has 0 aliphatic heterocycles. The zero-order chi connectivity index (χ0) is 12.3. The molecule has 1 N–H and O–H groups in total. The van der Waals surface area contributed by atoms with Crippen LogP contribution in [0.5, 0.6) is 0 Å². The van der Waals surface area contributed by atoms with Crippen LogP contribution in [-0.2, 0) is 6.18 Å². The number of benzene rings is 1. The third kappa shape index (κ3) is 3.72. The van der Waals surface area contributed by atoms with Gasteiger partial charge < -0.3 is 5.32 Å². The average Bonchev–Trinajstić information content (AvgIpc) is 2.14. The van der Waals surface area contributed by atoms with E-state index in [0.29, 0.717) is 16.7 Å². The third-order valence-electron chi connectivity index (χ3n) is 1.77. The number of halogens is 5. The van der Waals surface area contributed by atoms with Crippen LogP contribution in [0.2, 0.25) is 5.02 Å². The van der Waals surface area contributed by atoms with E-state index in [0.717, 1.165) is 12.1 Å². The van der Waals surface area contributed by atoms with E-state index in [9.17, 15) is 13.2 Å². The summed E-state index contributed by atoms with van der Waals surface area (Å²) < 4.78 is 37.6. The third-order valence-corrected chi connectivity index (χ3v) is 2.36. The van der Waals surface area contributed by atoms with Gasteiger partial charge in [-0.15, -0.1) is 0 Å². The van der Waals surface area contributed by atoms with Crippen LogP contribution in [-0.4, -0.2) is 6.54 Å². The molecule has 0 aromatic heterocycles. The fourth-order valence-electron chi connectivity index (χ4n) is 1.03. The molecule has 0 radical (unpaired) electrons. The summed E-state index contributed by atoms with van der Waals surface area (Å²) in [7, 11) is 0. The first kappa shape index (κ1) is 13.4. The number of hydrogen-bond acceptors (Lipinski definition) is 1. The van der Waals surface area contributed by atoms with Crippen molar-refractivity contribution in [3.63, 3.8) is 0 Å². The molecule has 6 heteroatoms. The summed E-state index contributed by atoms with van der Waals surface area (Å²) in [6, 6.07) is 3.16. The van der Waals surface area contributed by atoms with Crippen LogP contribution in [0.3, 0.4) is 0 Å². The summed E-state index contributed by atoms with van der Waals surface area (Å²) in [5.41, 5.74) is -0.323. The Labute approximate surface area is 104 Å². The van der Waals surface area contributed by atoms with Crippen LogP contribution in [0.1, 0.15) is 5.56 Å². The second kappa shape index (κ2) is 5.10. The van der Waals surface area contributed by atoms with Gasteiger partial charge in [0.05, 0.1) is 16.3 Å². The highest BCUT2D eigenvalue weighted by molar-refractivity contribution is 9.11. The van der Waals surface area contributed by atoms with E-state index in [1.54, 1.807) is 0 Å². The minimum Gasteiger partial charge on any atom is -0.379 e. The Morgan fingerprint density at radius 2 is 2.06 bits per heavy atom. The van der Waals surface area contributed by atoms with Crippen LogP contribution in [0.25, 0.3) is 0 Å². The highest BCUT2D eigenvalue weighted by Gasteiger charge is 2.30. The van der Waals surface area contributed by atoms with Crippen LogP contribution in [0.4, 0.5) is 18.9 Å². The fourth-order valence-corrected chi connectivity index (χ4v) is 1.41. The number of alkyl halides is 3. The molecule has 0 saturated carbocycles. The first-order chi connectivity index (χ1) is 7.30. The zero-order valence-corrected chi connectivity index (χ0v) is 10.4. The molecular weight excluding hydrogens is 306 g/mol. The van der Waals surface area contributed by atoms with E-state index in [4.69, 9.17) is 11.6 Å². The van der Waals surface area contributed by atoms with Crippen LogP contribution in [0, 0.1) is 0 Å². The lowest BCUT2D eigenvalue weighted by atomic mass is 10.2. The van der Waals surface area contributed by atoms with Gasteiger partial charge in [0.15, 0.2) is 0 Å². The number of nitrogens with one attached hydrogen (secondary N) is 1. The van der Waals surface area contributed by atoms with Crippen molar-refractivity contribution in [3.05, 3.63) is 39.8 Å². The van der Waals surface area contributed by atoms with Crippen LogP contribution >= 0.6 is 27.5 Å². The molecule has 0 atom stereocenters. The molecule has 0 bridgehead atoms. The lowest BCUT2D eigenvalue weighted by Gasteiger charge is -2.11. The van der Waals surface area contributed by atoms with Gasteiger partial charge in [-0.1, -0.05) is 34.1 Å². The minimum absolute atomic E-state index is 0.0311. The van der Waals surface area contributed by atoms with Crippen molar-refractivity contribution in [2.75, 3.05) is 11.9 Å². The summed E-state index contributed by atoms with van der Waals surface area (Å²) in [4.78, 5) is 0. The fraction of sp³-hybridized carbons (Fsp3) is 0.200. The summed E-state index contributed by atoms with van der Waals surface area (Å²) >= 11 is 8.83. The summed E-state index contributed by atoms with van der Waals surface area (Å²) in [5, 5.41) is 2.88. The van der Waals surface area contributed by atoms with Crippen molar-refractivity contribution in [2.24, 2.45) is 0 Å². The van der Waals surface area contributed by atoms with Crippen molar-refractivity contribution in [3.8, 4) is 0 Å². The monoisotopic (exact) mass is 313 g/mol. The summed E-state index contributed by atoms with van der Waals surface area (Å²) in [6.45, 7) is 3.98. The molecule has 0 amide bonds. The van der Waals surface area contributed by atoms with Gasteiger partial charge in [0.2, 0.25) is 0 Å². The van der Waals surface area contributed by atoms with Gasteiger partial charge in [0, 0.05) is 11.0 Å². The Hall–Kier alpha value is -0.680. The zero-order valence-electron chi connectivity index (χ0n) is 8.04. The molecule has 88 valence electrons. The smallest absolute Gasteiger partial charge is 0.379 e. The topological polar surface area (TPSA) is 12.0 Å². The predicted molar refractivity (Wildman–Crippen MR) is 63.0 cm³/mol. The molecule has 0 aliphatic carbocycles. The molecule has 0 heterocycles. The number of rotatable bonds is 3. The largest absolute Gasteiger partial charge is 0.416 e. The van der Waals surface area contributed by atoms with Gasteiger partial charge in [-0.25, -0.2) is 0 Å². The SMILES string of the molecule is C=C(Br)CNc1ccc(C(F)(F)F)cc1Cl. The van der Waals surface area contributed by atoms with Gasteiger partial charge in [-0.2, -0.15) is 13.2 Å². The number of anilines is 1. The van der Waals surface area contributed by atoms with E-state index in [-0.39, 0.29) is 5.02 Å². The first-order valence-corrected chi connectivity index (χ1v) is 5.41. The van der Waals surface area contributed by atoms with E-state index in [1.807, 2.05) is 0 Å².